The van der Waals surface area contributed by atoms with Crippen molar-refractivity contribution in [2.45, 2.75) is 25.6 Å². The van der Waals surface area contributed by atoms with Crippen LogP contribution in [0.2, 0.25) is 19.1 Å². The third kappa shape index (κ3) is 3.56. The fourth-order valence-electron chi connectivity index (χ4n) is 2.24. The fourth-order valence-corrected chi connectivity index (χ4v) is 4.53. The molecule has 0 bridgehead atoms. The van der Waals surface area contributed by atoms with Crippen molar-refractivity contribution in [3.63, 3.8) is 0 Å². The van der Waals surface area contributed by atoms with Crippen LogP contribution in [0.3, 0.4) is 0 Å². The Morgan fingerprint density at radius 2 is 1.58 bits per heavy atom. The van der Waals surface area contributed by atoms with Crippen LogP contribution < -0.4 is 5.19 Å². The van der Waals surface area contributed by atoms with Crippen LogP contribution >= 0.6 is 0 Å². The molecular weight excluding hydrogens is 246 g/mol. The molecule has 0 aliphatic heterocycles. The fraction of sp³-hybridized carbons (Fsp3) is 0.235. The lowest BCUT2D eigenvalue weighted by atomic mass is 10.1. The average molecular weight is 265 g/mol. The Hall–Kier alpha value is -1.85. The van der Waals surface area contributed by atoms with Crippen LogP contribution in [0.25, 0.3) is 0 Å². The van der Waals surface area contributed by atoms with Crippen molar-refractivity contribution < 1.29 is 0 Å². The summed E-state index contributed by atoms with van der Waals surface area (Å²) in [5.41, 5.74) is 2.07. The van der Waals surface area contributed by atoms with E-state index in [4.69, 9.17) is 5.26 Å². The summed E-state index contributed by atoms with van der Waals surface area (Å²) in [5, 5.41) is 10.3. The SMILES string of the molecule is C[Si](C)(CCc1ccc(C#N)cc1)c1ccccc1. The molecule has 0 unspecified atom stereocenters. The van der Waals surface area contributed by atoms with E-state index < -0.39 is 8.07 Å². The molecule has 19 heavy (non-hydrogen) atoms. The highest BCUT2D eigenvalue weighted by Gasteiger charge is 2.22. The molecule has 0 fully saturated rings. The summed E-state index contributed by atoms with van der Waals surface area (Å²) >= 11 is 0. The van der Waals surface area contributed by atoms with Crippen molar-refractivity contribution in [1.82, 2.24) is 0 Å². The van der Waals surface area contributed by atoms with Gasteiger partial charge in [0.15, 0.2) is 0 Å². The molecule has 2 heteroatoms. The molecule has 0 atom stereocenters. The van der Waals surface area contributed by atoms with E-state index >= 15 is 0 Å². The summed E-state index contributed by atoms with van der Waals surface area (Å²) in [4.78, 5) is 0. The maximum Gasteiger partial charge on any atom is 0.0991 e. The summed E-state index contributed by atoms with van der Waals surface area (Å²) < 4.78 is 0. The zero-order valence-electron chi connectivity index (χ0n) is 11.6. The van der Waals surface area contributed by atoms with Crippen LogP contribution in [0.1, 0.15) is 11.1 Å². The van der Waals surface area contributed by atoms with Crippen LogP contribution in [-0.4, -0.2) is 8.07 Å². The molecule has 0 aliphatic carbocycles. The largest absolute Gasteiger partial charge is 0.192 e. The minimum atomic E-state index is -1.35. The van der Waals surface area contributed by atoms with Gasteiger partial charge in [-0.2, -0.15) is 5.26 Å². The molecule has 0 amide bonds. The molecular formula is C17H19NSi. The van der Waals surface area contributed by atoms with E-state index in [-0.39, 0.29) is 0 Å². The van der Waals surface area contributed by atoms with E-state index in [0.717, 1.165) is 12.0 Å². The van der Waals surface area contributed by atoms with Gasteiger partial charge in [-0.05, 0) is 30.2 Å². The van der Waals surface area contributed by atoms with Crippen molar-refractivity contribution in [1.29, 1.82) is 5.26 Å². The molecule has 1 nitrogen and oxygen atoms in total. The van der Waals surface area contributed by atoms with Gasteiger partial charge in [0.2, 0.25) is 0 Å². The van der Waals surface area contributed by atoms with Crippen LogP contribution in [-0.2, 0) is 6.42 Å². The van der Waals surface area contributed by atoms with Crippen LogP contribution in [0, 0.1) is 11.3 Å². The molecule has 0 N–H and O–H groups in total. The minimum Gasteiger partial charge on any atom is -0.192 e. The van der Waals surface area contributed by atoms with Gasteiger partial charge in [0.05, 0.1) is 19.7 Å². The monoisotopic (exact) mass is 265 g/mol. The van der Waals surface area contributed by atoms with Crippen LogP contribution in [0.4, 0.5) is 0 Å². The molecule has 0 aromatic heterocycles. The Bertz CT molecular complexity index is 564. The van der Waals surface area contributed by atoms with Gasteiger partial charge in [-0.1, -0.05) is 60.7 Å². The lowest BCUT2D eigenvalue weighted by Gasteiger charge is -2.22. The Kier molecular flexibility index (Phi) is 4.19. The lowest BCUT2D eigenvalue weighted by Crippen LogP contribution is -2.41. The van der Waals surface area contributed by atoms with E-state index in [1.165, 1.54) is 16.8 Å². The Labute approximate surface area is 116 Å². The van der Waals surface area contributed by atoms with Gasteiger partial charge >= 0.3 is 0 Å². The Morgan fingerprint density at radius 1 is 0.947 bits per heavy atom. The standard InChI is InChI=1S/C17H19NSi/c1-19(2,17-6-4-3-5-7-17)13-12-15-8-10-16(14-18)11-9-15/h3-11H,12-13H2,1-2H3. The summed E-state index contributed by atoms with van der Waals surface area (Å²) in [6.07, 6.45) is 1.10. The highest BCUT2D eigenvalue weighted by molar-refractivity contribution is 6.89. The summed E-state index contributed by atoms with van der Waals surface area (Å²) in [6, 6.07) is 22.2. The third-order valence-corrected chi connectivity index (χ3v) is 7.07. The van der Waals surface area contributed by atoms with Crippen LogP contribution in [0.5, 0.6) is 0 Å². The van der Waals surface area contributed by atoms with Gasteiger partial charge in [-0.3, -0.25) is 0 Å². The second kappa shape index (κ2) is 5.86. The zero-order chi connectivity index (χ0) is 13.7. The first-order valence-electron chi connectivity index (χ1n) is 6.66. The molecule has 96 valence electrons. The minimum absolute atomic E-state index is 0.739. The van der Waals surface area contributed by atoms with E-state index in [0.29, 0.717) is 0 Å². The second-order valence-electron chi connectivity index (χ2n) is 5.56. The molecule has 2 rings (SSSR count). The molecule has 0 saturated heterocycles. The number of hydrogen-bond donors (Lipinski definition) is 0. The molecule has 0 radical (unpaired) electrons. The molecule has 2 aromatic carbocycles. The van der Waals surface area contributed by atoms with Gasteiger partial charge in [0.25, 0.3) is 0 Å². The zero-order valence-corrected chi connectivity index (χ0v) is 12.6. The third-order valence-electron chi connectivity index (χ3n) is 3.68. The maximum atomic E-state index is 8.79. The van der Waals surface area contributed by atoms with Gasteiger partial charge in [-0.25, -0.2) is 0 Å². The van der Waals surface area contributed by atoms with Gasteiger partial charge < -0.3 is 0 Å². The molecule has 0 saturated carbocycles. The van der Waals surface area contributed by atoms with Gasteiger partial charge in [0, 0.05) is 0 Å². The Morgan fingerprint density at radius 3 is 2.16 bits per heavy atom. The molecule has 0 spiro atoms. The van der Waals surface area contributed by atoms with E-state index in [1.807, 2.05) is 12.1 Å². The first kappa shape index (κ1) is 13.6. The van der Waals surface area contributed by atoms with Crippen molar-refractivity contribution in [3.05, 3.63) is 65.7 Å². The molecule has 0 aliphatic rings. The number of hydrogen-bond acceptors (Lipinski definition) is 1. The predicted molar refractivity (Wildman–Crippen MR) is 83.2 cm³/mol. The number of nitrogens with zero attached hydrogens (tertiary/aromatic N) is 1. The number of rotatable bonds is 4. The average Bonchev–Trinajstić information content (AvgIpc) is 2.47. The highest BCUT2D eigenvalue weighted by Crippen LogP contribution is 2.15. The number of aryl methyl sites for hydroxylation is 1. The number of nitriles is 1. The van der Waals surface area contributed by atoms with Crippen molar-refractivity contribution >= 4 is 13.3 Å². The van der Waals surface area contributed by atoms with Crippen molar-refractivity contribution in [3.8, 4) is 6.07 Å². The summed E-state index contributed by atoms with van der Waals surface area (Å²) in [7, 11) is -1.35. The predicted octanol–water partition coefficient (Wildman–Crippen LogP) is 3.72. The summed E-state index contributed by atoms with van der Waals surface area (Å²) in [6.45, 7) is 4.85. The van der Waals surface area contributed by atoms with Crippen LogP contribution in [0.15, 0.2) is 54.6 Å². The van der Waals surface area contributed by atoms with E-state index in [2.05, 4.69) is 61.6 Å². The maximum absolute atomic E-state index is 8.79. The lowest BCUT2D eigenvalue weighted by molar-refractivity contribution is 1.10. The van der Waals surface area contributed by atoms with Crippen molar-refractivity contribution in [2.75, 3.05) is 0 Å². The smallest absolute Gasteiger partial charge is 0.0991 e. The topological polar surface area (TPSA) is 23.8 Å². The normalized spacial score (nSPS) is 11.0. The first-order chi connectivity index (χ1) is 9.12. The van der Waals surface area contributed by atoms with E-state index in [9.17, 15) is 0 Å². The second-order valence-corrected chi connectivity index (χ2v) is 10.4. The van der Waals surface area contributed by atoms with Gasteiger partial charge in [-0.15, -0.1) is 0 Å². The quantitative estimate of drug-likeness (QED) is 0.773. The summed E-state index contributed by atoms with van der Waals surface area (Å²) in [5.74, 6) is 0. The van der Waals surface area contributed by atoms with E-state index in [1.54, 1.807) is 0 Å². The highest BCUT2D eigenvalue weighted by atomic mass is 28.3. The molecule has 0 heterocycles. The molecule has 2 aromatic rings. The first-order valence-corrected chi connectivity index (χ1v) is 9.87. The van der Waals surface area contributed by atoms with Gasteiger partial charge in [0.1, 0.15) is 0 Å². The number of benzene rings is 2. The Balaban J connectivity index is 2.03. The van der Waals surface area contributed by atoms with Crippen molar-refractivity contribution in [2.24, 2.45) is 0 Å².